The minimum atomic E-state index is -0.159. The standard InChI is InChI=1S/C16H19N3O3/c1-12-3-5-14(11-17-12)16(20)19-10-13-4-6-15(18-9-13)22-8-7-21-2/h3-6,9,11H,7-8,10H2,1-2H3,(H,19,20). The Balaban J connectivity index is 1.83. The van der Waals surface area contributed by atoms with Gasteiger partial charge in [-0.05, 0) is 24.6 Å². The second-order valence-electron chi connectivity index (χ2n) is 4.72. The molecule has 0 bridgehead atoms. The summed E-state index contributed by atoms with van der Waals surface area (Å²) < 4.78 is 10.3. The lowest BCUT2D eigenvalue weighted by molar-refractivity contribution is 0.0950. The van der Waals surface area contributed by atoms with E-state index in [0.717, 1.165) is 11.3 Å². The van der Waals surface area contributed by atoms with Crippen LogP contribution in [-0.4, -0.2) is 36.2 Å². The molecule has 0 saturated heterocycles. The van der Waals surface area contributed by atoms with Crippen LogP contribution in [0.1, 0.15) is 21.6 Å². The van der Waals surface area contributed by atoms with Crippen LogP contribution in [0.4, 0.5) is 0 Å². The van der Waals surface area contributed by atoms with Gasteiger partial charge in [0.15, 0.2) is 0 Å². The van der Waals surface area contributed by atoms with Gasteiger partial charge >= 0.3 is 0 Å². The van der Waals surface area contributed by atoms with Crippen molar-refractivity contribution in [1.82, 2.24) is 15.3 Å². The van der Waals surface area contributed by atoms with Gasteiger partial charge in [-0.25, -0.2) is 4.98 Å². The summed E-state index contributed by atoms with van der Waals surface area (Å²) in [5.74, 6) is 0.378. The fraction of sp³-hybridized carbons (Fsp3) is 0.312. The first-order chi connectivity index (χ1) is 10.7. The zero-order valence-corrected chi connectivity index (χ0v) is 12.7. The van der Waals surface area contributed by atoms with Gasteiger partial charge in [-0.3, -0.25) is 9.78 Å². The average molecular weight is 301 g/mol. The number of ether oxygens (including phenoxy) is 2. The molecule has 6 heteroatoms. The Morgan fingerprint density at radius 3 is 2.64 bits per heavy atom. The van der Waals surface area contributed by atoms with E-state index in [-0.39, 0.29) is 5.91 Å². The van der Waals surface area contributed by atoms with Crippen LogP contribution < -0.4 is 10.1 Å². The van der Waals surface area contributed by atoms with Crippen LogP contribution in [0, 0.1) is 6.92 Å². The number of aromatic nitrogens is 2. The molecule has 22 heavy (non-hydrogen) atoms. The highest BCUT2D eigenvalue weighted by molar-refractivity contribution is 5.93. The molecule has 0 saturated carbocycles. The summed E-state index contributed by atoms with van der Waals surface area (Å²) in [7, 11) is 1.62. The highest BCUT2D eigenvalue weighted by atomic mass is 16.5. The summed E-state index contributed by atoms with van der Waals surface area (Å²) >= 11 is 0. The van der Waals surface area contributed by atoms with Crippen molar-refractivity contribution in [2.24, 2.45) is 0 Å². The van der Waals surface area contributed by atoms with Gasteiger partial charge in [-0.2, -0.15) is 0 Å². The molecule has 2 heterocycles. The van der Waals surface area contributed by atoms with E-state index < -0.39 is 0 Å². The molecule has 1 N–H and O–H groups in total. The second-order valence-corrected chi connectivity index (χ2v) is 4.72. The number of hydrogen-bond acceptors (Lipinski definition) is 5. The highest BCUT2D eigenvalue weighted by Gasteiger charge is 2.05. The number of amides is 1. The van der Waals surface area contributed by atoms with Crippen molar-refractivity contribution in [2.75, 3.05) is 20.3 Å². The molecule has 2 aromatic heterocycles. The molecule has 116 valence electrons. The molecular formula is C16H19N3O3. The molecule has 0 radical (unpaired) electrons. The number of carbonyl (C=O) groups excluding carboxylic acids is 1. The number of methoxy groups -OCH3 is 1. The maximum Gasteiger partial charge on any atom is 0.253 e. The topological polar surface area (TPSA) is 73.3 Å². The summed E-state index contributed by atoms with van der Waals surface area (Å²) in [6.07, 6.45) is 3.24. The molecule has 2 rings (SSSR count). The zero-order valence-electron chi connectivity index (χ0n) is 12.7. The summed E-state index contributed by atoms with van der Waals surface area (Å²) in [5.41, 5.74) is 2.32. The monoisotopic (exact) mass is 301 g/mol. The molecule has 2 aromatic rings. The van der Waals surface area contributed by atoms with Crippen molar-refractivity contribution in [2.45, 2.75) is 13.5 Å². The second kappa shape index (κ2) is 8.09. The molecule has 0 aromatic carbocycles. The molecular weight excluding hydrogens is 282 g/mol. The van der Waals surface area contributed by atoms with Crippen molar-refractivity contribution in [3.05, 3.63) is 53.5 Å². The van der Waals surface area contributed by atoms with E-state index >= 15 is 0 Å². The van der Waals surface area contributed by atoms with E-state index in [4.69, 9.17) is 9.47 Å². The maximum absolute atomic E-state index is 12.0. The lowest BCUT2D eigenvalue weighted by Gasteiger charge is -2.07. The van der Waals surface area contributed by atoms with Crippen LogP contribution in [0.25, 0.3) is 0 Å². The third-order valence-corrected chi connectivity index (χ3v) is 2.96. The van der Waals surface area contributed by atoms with Crippen molar-refractivity contribution in [3.63, 3.8) is 0 Å². The summed E-state index contributed by atoms with van der Waals surface area (Å²) in [4.78, 5) is 20.2. The molecule has 0 aliphatic heterocycles. The molecule has 0 atom stereocenters. The Bertz CT molecular complexity index is 597. The van der Waals surface area contributed by atoms with Gasteiger partial charge in [0.25, 0.3) is 5.91 Å². The average Bonchev–Trinajstić information content (AvgIpc) is 2.55. The number of aryl methyl sites for hydroxylation is 1. The number of nitrogens with zero attached hydrogens (tertiary/aromatic N) is 2. The number of pyridine rings is 2. The lowest BCUT2D eigenvalue weighted by Crippen LogP contribution is -2.23. The molecule has 1 amide bonds. The van der Waals surface area contributed by atoms with Crippen molar-refractivity contribution in [1.29, 1.82) is 0 Å². The first-order valence-electron chi connectivity index (χ1n) is 6.96. The van der Waals surface area contributed by atoms with Crippen LogP contribution in [0.15, 0.2) is 36.7 Å². The minimum Gasteiger partial charge on any atom is -0.475 e. The SMILES string of the molecule is COCCOc1ccc(CNC(=O)c2ccc(C)nc2)cn1. The molecule has 0 fully saturated rings. The Labute approximate surface area is 129 Å². The van der Waals surface area contributed by atoms with E-state index in [1.165, 1.54) is 0 Å². The third kappa shape index (κ3) is 4.82. The van der Waals surface area contributed by atoms with Crippen LogP contribution in [0.5, 0.6) is 5.88 Å². The van der Waals surface area contributed by atoms with E-state index in [0.29, 0.717) is 31.2 Å². The fourth-order valence-corrected chi connectivity index (χ4v) is 1.72. The van der Waals surface area contributed by atoms with Crippen LogP contribution in [-0.2, 0) is 11.3 Å². The van der Waals surface area contributed by atoms with E-state index in [1.807, 2.05) is 19.1 Å². The molecule has 6 nitrogen and oxygen atoms in total. The number of carbonyl (C=O) groups is 1. The first kappa shape index (κ1) is 15.9. The number of nitrogens with one attached hydrogen (secondary N) is 1. The smallest absolute Gasteiger partial charge is 0.253 e. The highest BCUT2D eigenvalue weighted by Crippen LogP contribution is 2.08. The van der Waals surface area contributed by atoms with Crippen LogP contribution in [0.3, 0.4) is 0 Å². The van der Waals surface area contributed by atoms with Crippen LogP contribution in [0.2, 0.25) is 0 Å². The van der Waals surface area contributed by atoms with Crippen molar-refractivity contribution in [3.8, 4) is 5.88 Å². The maximum atomic E-state index is 12.0. The van der Waals surface area contributed by atoms with Gasteiger partial charge in [0, 0.05) is 37.8 Å². The number of hydrogen-bond donors (Lipinski definition) is 1. The van der Waals surface area contributed by atoms with Gasteiger partial charge < -0.3 is 14.8 Å². The zero-order chi connectivity index (χ0) is 15.8. The van der Waals surface area contributed by atoms with E-state index in [2.05, 4.69) is 15.3 Å². The Hall–Kier alpha value is -2.47. The number of rotatable bonds is 7. The predicted molar refractivity (Wildman–Crippen MR) is 81.8 cm³/mol. The van der Waals surface area contributed by atoms with Crippen molar-refractivity contribution < 1.29 is 14.3 Å². The summed E-state index contributed by atoms with van der Waals surface area (Å²) in [6.45, 7) is 3.26. The quantitative estimate of drug-likeness (QED) is 0.789. The Kier molecular flexibility index (Phi) is 5.85. The first-order valence-corrected chi connectivity index (χ1v) is 6.96. The van der Waals surface area contributed by atoms with Gasteiger partial charge in [0.2, 0.25) is 5.88 Å². The van der Waals surface area contributed by atoms with E-state index in [1.54, 1.807) is 31.6 Å². The summed E-state index contributed by atoms with van der Waals surface area (Å²) in [5, 5.41) is 2.83. The third-order valence-electron chi connectivity index (χ3n) is 2.96. The Morgan fingerprint density at radius 2 is 2.00 bits per heavy atom. The molecule has 0 aliphatic rings. The largest absolute Gasteiger partial charge is 0.475 e. The fourth-order valence-electron chi connectivity index (χ4n) is 1.72. The minimum absolute atomic E-state index is 0.159. The summed E-state index contributed by atoms with van der Waals surface area (Å²) in [6, 6.07) is 7.19. The molecule has 0 unspecified atom stereocenters. The van der Waals surface area contributed by atoms with Crippen LogP contribution >= 0.6 is 0 Å². The molecule has 0 aliphatic carbocycles. The van der Waals surface area contributed by atoms with Gasteiger partial charge in [-0.15, -0.1) is 0 Å². The normalized spacial score (nSPS) is 10.3. The van der Waals surface area contributed by atoms with Gasteiger partial charge in [0.05, 0.1) is 12.2 Å². The predicted octanol–water partition coefficient (Wildman–Crippen LogP) is 1.74. The van der Waals surface area contributed by atoms with E-state index in [9.17, 15) is 4.79 Å². The van der Waals surface area contributed by atoms with Gasteiger partial charge in [0.1, 0.15) is 6.61 Å². The Morgan fingerprint density at radius 1 is 1.14 bits per heavy atom. The lowest BCUT2D eigenvalue weighted by atomic mass is 10.2. The molecule has 0 spiro atoms. The van der Waals surface area contributed by atoms with Crippen molar-refractivity contribution >= 4 is 5.91 Å². The van der Waals surface area contributed by atoms with Gasteiger partial charge in [-0.1, -0.05) is 6.07 Å².